The molecule has 0 bridgehead atoms. The average Bonchev–Trinajstić information content (AvgIpc) is 2.72. The Morgan fingerprint density at radius 1 is 1.33 bits per heavy atom. The van der Waals surface area contributed by atoms with Crippen molar-refractivity contribution in [2.45, 2.75) is 6.92 Å². The molecule has 0 amide bonds. The highest BCUT2D eigenvalue weighted by atomic mass is 32.1. The van der Waals surface area contributed by atoms with E-state index >= 15 is 0 Å². The molecule has 1 N–H and O–H groups in total. The molecule has 0 spiro atoms. The third-order valence-corrected chi connectivity index (χ3v) is 2.45. The fourth-order valence-corrected chi connectivity index (χ4v) is 1.53. The molecule has 0 aliphatic heterocycles. The molecule has 1 heterocycles. The highest BCUT2D eigenvalue weighted by Crippen LogP contribution is 2.29. The smallest absolute Gasteiger partial charge is 0.229 e. The number of phenols is 1. The van der Waals surface area contributed by atoms with E-state index in [1.807, 2.05) is 18.4 Å². The van der Waals surface area contributed by atoms with Gasteiger partial charge in [-0.2, -0.15) is 0 Å². The minimum atomic E-state index is 0.126. The Morgan fingerprint density at radius 2 is 2.20 bits per heavy atom. The topological polar surface area (TPSA) is 57.8 Å². The summed E-state index contributed by atoms with van der Waals surface area (Å²) in [4.78, 5) is 3.96. The molecule has 2 aromatic rings. The van der Waals surface area contributed by atoms with Crippen molar-refractivity contribution < 1.29 is 5.11 Å². The van der Waals surface area contributed by atoms with Crippen molar-refractivity contribution in [1.29, 1.82) is 0 Å². The summed E-state index contributed by atoms with van der Waals surface area (Å²) in [6.45, 7) is 1.93. The molecule has 0 fully saturated rings. The number of rotatable bonds is 2. The van der Waals surface area contributed by atoms with Crippen molar-refractivity contribution in [1.82, 2.24) is 4.98 Å². The third kappa shape index (κ3) is 2.38. The van der Waals surface area contributed by atoms with Crippen LogP contribution in [0.15, 0.2) is 40.0 Å². The van der Waals surface area contributed by atoms with Crippen LogP contribution in [0.25, 0.3) is 0 Å². The first-order chi connectivity index (χ1) is 7.25. The number of thiazole rings is 1. The molecule has 76 valence electrons. The molecule has 0 saturated carbocycles. The maximum atomic E-state index is 9.49. The Kier molecular flexibility index (Phi) is 2.73. The minimum Gasteiger partial charge on any atom is -0.506 e. The molecule has 1 aromatic heterocycles. The predicted octanol–water partition coefficient (Wildman–Crippen LogP) is 3.57. The van der Waals surface area contributed by atoms with Crippen LogP contribution in [0.2, 0.25) is 0 Å². The van der Waals surface area contributed by atoms with Crippen molar-refractivity contribution in [2.75, 3.05) is 0 Å². The van der Waals surface area contributed by atoms with Crippen LogP contribution in [0.3, 0.4) is 0 Å². The van der Waals surface area contributed by atoms with Crippen LogP contribution < -0.4 is 0 Å². The molecule has 0 aliphatic rings. The highest BCUT2D eigenvalue weighted by Gasteiger charge is 1.99. The van der Waals surface area contributed by atoms with Crippen LogP contribution in [0.5, 0.6) is 5.75 Å². The van der Waals surface area contributed by atoms with Crippen molar-refractivity contribution >= 4 is 22.2 Å². The number of azo groups is 1. The Labute approximate surface area is 91.0 Å². The monoisotopic (exact) mass is 219 g/mol. The van der Waals surface area contributed by atoms with Gasteiger partial charge in [-0.05, 0) is 24.6 Å². The van der Waals surface area contributed by atoms with E-state index in [0.29, 0.717) is 10.8 Å². The van der Waals surface area contributed by atoms with Crippen LogP contribution in [0, 0.1) is 6.92 Å². The van der Waals surface area contributed by atoms with Crippen molar-refractivity contribution in [3.05, 3.63) is 35.3 Å². The van der Waals surface area contributed by atoms with Crippen LogP contribution in [-0.2, 0) is 0 Å². The summed E-state index contributed by atoms with van der Waals surface area (Å²) in [5, 5.41) is 19.7. The number of benzene rings is 1. The lowest BCUT2D eigenvalue weighted by Crippen LogP contribution is -1.71. The highest BCUT2D eigenvalue weighted by molar-refractivity contribution is 7.13. The van der Waals surface area contributed by atoms with E-state index in [-0.39, 0.29) is 5.75 Å². The van der Waals surface area contributed by atoms with E-state index in [0.717, 1.165) is 5.56 Å². The first-order valence-corrected chi connectivity index (χ1v) is 5.24. The van der Waals surface area contributed by atoms with E-state index in [2.05, 4.69) is 15.2 Å². The normalized spacial score (nSPS) is 11.0. The molecular weight excluding hydrogens is 210 g/mol. The van der Waals surface area contributed by atoms with E-state index < -0.39 is 0 Å². The average molecular weight is 219 g/mol. The van der Waals surface area contributed by atoms with Gasteiger partial charge in [0, 0.05) is 11.6 Å². The second-order valence-electron chi connectivity index (χ2n) is 3.01. The van der Waals surface area contributed by atoms with E-state index in [4.69, 9.17) is 0 Å². The molecule has 0 saturated heterocycles. The zero-order valence-corrected chi connectivity index (χ0v) is 8.90. The summed E-state index contributed by atoms with van der Waals surface area (Å²) in [7, 11) is 0. The lowest BCUT2D eigenvalue weighted by Gasteiger charge is -1.97. The van der Waals surface area contributed by atoms with E-state index in [1.54, 1.807) is 18.3 Å². The van der Waals surface area contributed by atoms with Gasteiger partial charge in [0.05, 0.1) is 0 Å². The minimum absolute atomic E-state index is 0.126. The van der Waals surface area contributed by atoms with Crippen LogP contribution in [0.1, 0.15) is 5.56 Å². The molecule has 0 atom stereocenters. The van der Waals surface area contributed by atoms with Gasteiger partial charge in [-0.1, -0.05) is 6.07 Å². The lowest BCUT2D eigenvalue weighted by atomic mass is 10.2. The zero-order valence-electron chi connectivity index (χ0n) is 8.08. The number of nitrogens with zero attached hydrogens (tertiary/aromatic N) is 3. The SMILES string of the molecule is Cc1ccc(O)c(/N=N/c2nccs2)c1. The van der Waals surface area contributed by atoms with E-state index in [1.165, 1.54) is 11.3 Å². The third-order valence-electron chi connectivity index (χ3n) is 1.79. The van der Waals surface area contributed by atoms with Gasteiger partial charge in [0.2, 0.25) is 5.13 Å². The number of phenolic OH excluding ortho intramolecular Hbond substituents is 1. The quantitative estimate of drug-likeness (QED) is 0.785. The molecule has 0 aliphatic carbocycles. The van der Waals surface area contributed by atoms with Gasteiger partial charge >= 0.3 is 0 Å². The Morgan fingerprint density at radius 3 is 2.93 bits per heavy atom. The van der Waals surface area contributed by atoms with E-state index in [9.17, 15) is 5.11 Å². The summed E-state index contributed by atoms with van der Waals surface area (Å²) in [6.07, 6.45) is 1.66. The summed E-state index contributed by atoms with van der Waals surface area (Å²) in [5.74, 6) is 0.126. The molecule has 1 aromatic carbocycles. The van der Waals surface area contributed by atoms with Crippen LogP contribution in [-0.4, -0.2) is 10.1 Å². The summed E-state index contributed by atoms with van der Waals surface area (Å²) in [6, 6.07) is 5.19. The van der Waals surface area contributed by atoms with Crippen LogP contribution in [0.4, 0.5) is 10.8 Å². The van der Waals surface area contributed by atoms with Gasteiger partial charge in [0.25, 0.3) is 0 Å². The number of hydrogen-bond acceptors (Lipinski definition) is 5. The molecule has 15 heavy (non-hydrogen) atoms. The fraction of sp³-hybridized carbons (Fsp3) is 0.100. The van der Waals surface area contributed by atoms with Gasteiger partial charge in [0.15, 0.2) is 0 Å². The second kappa shape index (κ2) is 4.18. The number of aromatic nitrogens is 1. The first-order valence-electron chi connectivity index (χ1n) is 4.36. The fourth-order valence-electron chi connectivity index (χ4n) is 1.08. The van der Waals surface area contributed by atoms with Gasteiger partial charge < -0.3 is 5.11 Å². The molecular formula is C10H9N3OS. The Hall–Kier alpha value is -1.75. The Bertz CT molecular complexity index is 479. The Balaban J connectivity index is 2.27. The van der Waals surface area contributed by atoms with Gasteiger partial charge in [-0.3, -0.25) is 0 Å². The number of hydrogen-bond donors (Lipinski definition) is 1. The van der Waals surface area contributed by atoms with Crippen molar-refractivity contribution in [2.24, 2.45) is 10.2 Å². The second-order valence-corrected chi connectivity index (χ2v) is 3.88. The van der Waals surface area contributed by atoms with Gasteiger partial charge in [0.1, 0.15) is 11.4 Å². The van der Waals surface area contributed by atoms with Crippen molar-refractivity contribution in [3.8, 4) is 5.75 Å². The van der Waals surface area contributed by atoms with Gasteiger partial charge in [-0.15, -0.1) is 21.6 Å². The first kappa shape index (κ1) is 9.79. The molecule has 0 unspecified atom stereocenters. The number of aromatic hydroxyl groups is 1. The van der Waals surface area contributed by atoms with Crippen LogP contribution >= 0.6 is 11.3 Å². The molecule has 0 radical (unpaired) electrons. The van der Waals surface area contributed by atoms with Crippen molar-refractivity contribution in [3.63, 3.8) is 0 Å². The summed E-state index contributed by atoms with van der Waals surface area (Å²) < 4.78 is 0. The predicted molar refractivity (Wildman–Crippen MR) is 59.1 cm³/mol. The largest absolute Gasteiger partial charge is 0.506 e. The molecule has 5 heteroatoms. The lowest BCUT2D eigenvalue weighted by molar-refractivity contribution is 0.476. The summed E-state index contributed by atoms with van der Waals surface area (Å²) in [5.41, 5.74) is 1.49. The molecule has 2 rings (SSSR count). The maximum Gasteiger partial charge on any atom is 0.229 e. The standard InChI is InChI=1S/C10H9N3OS/c1-7-2-3-9(14)8(6-7)12-13-10-11-4-5-15-10/h2-6,14H,1H3/b13-12+. The van der Waals surface area contributed by atoms with Gasteiger partial charge in [-0.25, -0.2) is 4.98 Å². The number of aryl methyl sites for hydroxylation is 1. The maximum absolute atomic E-state index is 9.49. The zero-order chi connectivity index (χ0) is 10.7. The summed E-state index contributed by atoms with van der Waals surface area (Å²) >= 11 is 1.40. The molecule has 4 nitrogen and oxygen atoms in total.